The van der Waals surface area contributed by atoms with Crippen molar-refractivity contribution < 1.29 is 0 Å². The number of rotatable bonds is 1. The van der Waals surface area contributed by atoms with Gasteiger partial charge in [-0.1, -0.05) is 32.9 Å². The summed E-state index contributed by atoms with van der Waals surface area (Å²) in [5.41, 5.74) is 3.30. The van der Waals surface area contributed by atoms with Crippen LogP contribution in [0.3, 0.4) is 0 Å². The number of hydrogen-bond acceptors (Lipinski definition) is 2. The number of aryl methyl sites for hydroxylation is 2. The predicted octanol–water partition coefficient (Wildman–Crippen LogP) is 3.84. The Labute approximate surface area is 113 Å². The first-order valence-electron chi connectivity index (χ1n) is 6.00. The molecule has 0 fully saturated rings. The molecule has 4 heteroatoms. The highest BCUT2D eigenvalue weighted by atomic mass is 35.5. The average molecular weight is 264 g/mol. The fourth-order valence-electron chi connectivity index (χ4n) is 1.92. The summed E-state index contributed by atoms with van der Waals surface area (Å²) in [5, 5.41) is 8.63. The summed E-state index contributed by atoms with van der Waals surface area (Å²) in [6, 6.07) is 6.29. The van der Waals surface area contributed by atoms with Gasteiger partial charge in [0.2, 0.25) is 5.28 Å². The molecule has 1 aromatic heterocycles. The molecule has 0 N–H and O–H groups in total. The summed E-state index contributed by atoms with van der Waals surface area (Å²) in [7, 11) is 0. The van der Waals surface area contributed by atoms with Crippen molar-refractivity contribution in [3.8, 4) is 5.69 Å². The first-order valence-corrected chi connectivity index (χ1v) is 6.37. The zero-order chi connectivity index (χ0) is 13.5. The van der Waals surface area contributed by atoms with Gasteiger partial charge in [0.25, 0.3) is 0 Å². The van der Waals surface area contributed by atoms with E-state index in [2.05, 4.69) is 63.0 Å². The molecule has 0 bridgehead atoms. The van der Waals surface area contributed by atoms with Crippen molar-refractivity contribution in [2.75, 3.05) is 0 Å². The highest BCUT2D eigenvalue weighted by Gasteiger charge is 2.24. The molecule has 2 rings (SSSR count). The molecule has 0 radical (unpaired) electrons. The quantitative estimate of drug-likeness (QED) is 0.783. The Morgan fingerprint density at radius 2 is 1.78 bits per heavy atom. The Hall–Kier alpha value is -1.35. The molecule has 0 saturated carbocycles. The molecular weight excluding hydrogens is 246 g/mol. The predicted molar refractivity (Wildman–Crippen MR) is 74.5 cm³/mol. The standard InChI is InChI=1S/C14H18ClN3/c1-9-6-7-10(2)11(8-9)18-12(14(3,4)5)16-17-13(18)15/h6-8H,1-5H3. The second kappa shape index (κ2) is 4.39. The van der Waals surface area contributed by atoms with Crippen molar-refractivity contribution in [3.05, 3.63) is 40.4 Å². The van der Waals surface area contributed by atoms with E-state index in [1.54, 1.807) is 0 Å². The Bertz CT molecular complexity index is 579. The minimum atomic E-state index is -0.101. The van der Waals surface area contributed by atoms with E-state index >= 15 is 0 Å². The number of hydrogen-bond donors (Lipinski definition) is 0. The van der Waals surface area contributed by atoms with E-state index in [1.165, 1.54) is 5.56 Å². The number of benzene rings is 1. The number of halogens is 1. The molecule has 0 aliphatic carbocycles. The summed E-state index contributed by atoms with van der Waals surface area (Å²) >= 11 is 6.20. The highest BCUT2D eigenvalue weighted by Crippen LogP contribution is 2.28. The van der Waals surface area contributed by atoms with E-state index in [9.17, 15) is 0 Å². The Balaban J connectivity index is 2.71. The molecule has 0 saturated heterocycles. The lowest BCUT2D eigenvalue weighted by molar-refractivity contribution is 0.533. The van der Waals surface area contributed by atoms with E-state index in [1.807, 2.05) is 4.57 Å². The van der Waals surface area contributed by atoms with Crippen LogP contribution in [-0.2, 0) is 5.41 Å². The van der Waals surface area contributed by atoms with Crippen molar-refractivity contribution in [2.24, 2.45) is 0 Å². The third-order valence-corrected chi connectivity index (χ3v) is 3.14. The largest absolute Gasteiger partial charge is 0.269 e. The fourth-order valence-corrected chi connectivity index (χ4v) is 2.13. The second-order valence-electron chi connectivity index (χ2n) is 5.67. The third kappa shape index (κ3) is 2.27. The molecule has 0 unspecified atom stereocenters. The van der Waals surface area contributed by atoms with Crippen LogP contribution in [0.15, 0.2) is 18.2 Å². The molecule has 0 aliphatic rings. The van der Waals surface area contributed by atoms with Crippen LogP contribution in [0.5, 0.6) is 0 Å². The fraction of sp³-hybridized carbons (Fsp3) is 0.429. The van der Waals surface area contributed by atoms with Gasteiger partial charge in [-0.25, -0.2) is 0 Å². The highest BCUT2D eigenvalue weighted by molar-refractivity contribution is 6.28. The van der Waals surface area contributed by atoms with Gasteiger partial charge >= 0.3 is 0 Å². The molecule has 0 amide bonds. The SMILES string of the molecule is Cc1ccc(C)c(-n2c(Cl)nnc2C(C)(C)C)c1. The maximum absolute atomic E-state index is 6.20. The summed E-state index contributed by atoms with van der Waals surface area (Å²) in [6.45, 7) is 10.5. The van der Waals surface area contributed by atoms with Gasteiger partial charge in [-0.05, 0) is 42.6 Å². The lowest BCUT2D eigenvalue weighted by Crippen LogP contribution is -2.18. The zero-order valence-corrected chi connectivity index (χ0v) is 12.2. The summed E-state index contributed by atoms with van der Waals surface area (Å²) < 4.78 is 1.93. The molecule has 1 heterocycles. The van der Waals surface area contributed by atoms with E-state index in [-0.39, 0.29) is 5.41 Å². The van der Waals surface area contributed by atoms with Gasteiger partial charge < -0.3 is 0 Å². The minimum absolute atomic E-state index is 0.101. The van der Waals surface area contributed by atoms with E-state index in [0.717, 1.165) is 17.1 Å². The minimum Gasteiger partial charge on any atom is -0.269 e. The molecule has 0 atom stereocenters. The molecule has 1 aromatic carbocycles. The first-order chi connectivity index (χ1) is 8.30. The van der Waals surface area contributed by atoms with Gasteiger partial charge in [0.1, 0.15) is 5.82 Å². The van der Waals surface area contributed by atoms with Crippen LogP contribution in [0, 0.1) is 13.8 Å². The lowest BCUT2D eigenvalue weighted by Gasteiger charge is -2.20. The van der Waals surface area contributed by atoms with E-state index in [0.29, 0.717) is 5.28 Å². The van der Waals surface area contributed by atoms with Gasteiger partial charge in [0, 0.05) is 5.41 Å². The van der Waals surface area contributed by atoms with Gasteiger partial charge in [0.05, 0.1) is 5.69 Å². The molecular formula is C14H18ClN3. The van der Waals surface area contributed by atoms with Crippen molar-refractivity contribution in [1.82, 2.24) is 14.8 Å². The normalized spacial score (nSPS) is 11.9. The average Bonchev–Trinajstić information content (AvgIpc) is 2.63. The van der Waals surface area contributed by atoms with E-state index in [4.69, 9.17) is 11.6 Å². The van der Waals surface area contributed by atoms with Gasteiger partial charge in [-0.2, -0.15) is 0 Å². The van der Waals surface area contributed by atoms with Crippen molar-refractivity contribution in [2.45, 2.75) is 40.0 Å². The van der Waals surface area contributed by atoms with Crippen LogP contribution in [-0.4, -0.2) is 14.8 Å². The number of aromatic nitrogens is 3. The molecule has 3 nitrogen and oxygen atoms in total. The van der Waals surface area contributed by atoms with Gasteiger partial charge in [0.15, 0.2) is 0 Å². The Kier molecular flexibility index (Phi) is 3.20. The van der Waals surface area contributed by atoms with Gasteiger partial charge in [-0.3, -0.25) is 4.57 Å². The maximum atomic E-state index is 6.20. The van der Waals surface area contributed by atoms with Gasteiger partial charge in [-0.15, -0.1) is 10.2 Å². The topological polar surface area (TPSA) is 30.7 Å². The van der Waals surface area contributed by atoms with Crippen molar-refractivity contribution in [1.29, 1.82) is 0 Å². The summed E-state index contributed by atoms with van der Waals surface area (Å²) in [5.74, 6) is 0.876. The Morgan fingerprint density at radius 3 is 2.39 bits per heavy atom. The maximum Gasteiger partial charge on any atom is 0.229 e. The molecule has 18 heavy (non-hydrogen) atoms. The smallest absolute Gasteiger partial charge is 0.229 e. The summed E-state index contributed by atoms with van der Waals surface area (Å²) in [6.07, 6.45) is 0. The molecule has 2 aromatic rings. The molecule has 0 spiro atoms. The Morgan fingerprint density at radius 1 is 1.11 bits per heavy atom. The van der Waals surface area contributed by atoms with Crippen LogP contribution in [0.2, 0.25) is 5.28 Å². The third-order valence-electron chi connectivity index (χ3n) is 2.90. The summed E-state index contributed by atoms with van der Waals surface area (Å²) in [4.78, 5) is 0. The van der Waals surface area contributed by atoms with Crippen molar-refractivity contribution >= 4 is 11.6 Å². The first kappa shape index (κ1) is 13.1. The van der Waals surface area contributed by atoms with Crippen LogP contribution >= 0.6 is 11.6 Å². The van der Waals surface area contributed by atoms with Crippen molar-refractivity contribution in [3.63, 3.8) is 0 Å². The van der Waals surface area contributed by atoms with Crippen LogP contribution < -0.4 is 0 Å². The van der Waals surface area contributed by atoms with Crippen LogP contribution in [0.1, 0.15) is 37.7 Å². The molecule has 0 aliphatic heterocycles. The van der Waals surface area contributed by atoms with Crippen LogP contribution in [0.25, 0.3) is 5.69 Å². The lowest BCUT2D eigenvalue weighted by atomic mass is 9.95. The monoisotopic (exact) mass is 263 g/mol. The zero-order valence-electron chi connectivity index (χ0n) is 11.5. The van der Waals surface area contributed by atoms with Crippen LogP contribution in [0.4, 0.5) is 0 Å². The second-order valence-corrected chi connectivity index (χ2v) is 6.01. The number of nitrogens with zero attached hydrogens (tertiary/aromatic N) is 3. The van der Waals surface area contributed by atoms with E-state index < -0.39 is 0 Å². The molecule has 96 valence electrons.